The Hall–Kier alpha value is -3.81. The predicted molar refractivity (Wildman–Crippen MR) is 138 cm³/mol. The molecule has 4 heterocycles. The van der Waals surface area contributed by atoms with Crippen LogP contribution < -0.4 is 10.9 Å². The number of nitrogens with one attached hydrogen (secondary N) is 1. The quantitative estimate of drug-likeness (QED) is 0.394. The summed E-state index contributed by atoms with van der Waals surface area (Å²) in [5.74, 6) is 1.95. The van der Waals surface area contributed by atoms with Crippen molar-refractivity contribution in [1.82, 2.24) is 29.4 Å². The van der Waals surface area contributed by atoms with E-state index in [9.17, 15) is 4.79 Å². The third-order valence-corrected chi connectivity index (χ3v) is 6.71. The molecule has 3 aromatic heterocycles. The van der Waals surface area contributed by atoms with Gasteiger partial charge in [0.15, 0.2) is 0 Å². The van der Waals surface area contributed by atoms with Crippen LogP contribution in [0, 0.1) is 0 Å². The second-order valence-electron chi connectivity index (χ2n) is 8.64. The van der Waals surface area contributed by atoms with Gasteiger partial charge in [-0.05, 0) is 50.2 Å². The number of imidazole rings is 1. The monoisotopic (exact) mass is 482 g/mol. The number of aromatic nitrogens is 5. The molecule has 0 unspecified atom stereocenters. The number of benzene rings is 2. The summed E-state index contributed by atoms with van der Waals surface area (Å²) in [7, 11) is 0. The molecule has 0 spiro atoms. The average Bonchev–Trinajstić information content (AvgIpc) is 3.40. The van der Waals surface area contributed by atoms with E-state index in [-0.39, 0.29) is 5.56 Å². The number of hydrogen-bond acceptors (Lipinski definition) is 5. The molecule has 0 bridgehead atoms. The van der Waals surface area contributed by atoms with E-state index in [4.69, 9.17) is 16.6 Å². The molecule has 1 fully saturated rings. The Balaban J connectivity index is 1.46. The van der Waals surface area contributed by atoms with Gasteiger partial charge in [-0.15, -0.1) is 0 Å². The molecule has 1 aliphatic rings. The first-order chi connectivity index (χ1) is 17.2. The van der Waals surface area contributed by atoms with Crippen molar-refractivity contribution in [2.75, 3.05) is 13.1 Å². The lowest BCUT2D eigenvalue weighted by atomic mass is 10.1. The van der Waals surface area contributed by atoms with Crippen LogP contribution in [0.4, 0.5) is 0 Å². The molecule has 5 aromatic rings. The van der Waals surface area contributed by atoms with Gasteiger partial charge in [0.2, 0.25) is 0 Å². The summed E-state index contributed by atoms with van der Waals surface area (Å²) < 4.78 is 3.82. The molecule has 0 aliphatic carbocycles. The van der Waals surface area contributed by atoms with Crippen molar-refractivity contribution in [2.24, 2.45) is 0 Å². The van der Waals surface area contributed by atoms with E-state index >= 15 is 0 Å². The fourth-order valence-corrected chi connectivity index (χ4v) is 4.84. The summed E-state index contributed by atoms with van der Waals surface area (Å²) in [4.78, 5) is 27.4. The van der Waals surface area contributed by atoms with E-state index in [2.05, 4.69) is 26.0 Å². The zero-order valence-corrected chi connectivity index (χ0v) is 19.7. The van der Waals surface area contributed by atoms with Crippen molar-refractivity contribution >= 4 is 22.5 Å². The Bertz CT molecular complexity index is 1550. The Morgan fingerprint density at radius 1 is 0.886 bits per heavy atom. The van der Waals surface area contributed by atoms with Crippen LogP contribution in [0.25, 0.3) is 39.5 Å². The molecule has 0 saturated carbocycles. The maximum Gasteiger partial charge on any atom is 0.267 e. The summed E-state index contributed by atoms with van der Waals surface area (Å²) >= 11 is 6.05. The number of hydrogen-bond donors (Lipinski definition) is 1. The first-order valence-corrected chi connectivity index (χ1v) is 12.0. The number of piperidine rings is 1. The molecule has 8 heteroatoms. The van der Waals surface area contributed by atoms with Gasteiger partial charge in [0, 0.05) is 35.8 Å². The molecule has 0 amide bonds. The SMILES string of the molecule is O=c1c2ccccc2nc(-c2ccc(-c3nccn3C3CCNCC3)cc2)n1-c1ccc(Cl)cn1. The Morgan fingerprint density at radius 2 is 1.63 bits per heavy atom. The number of para-hydroxylation sites is 1. The second kappa shape index (κ2) is 9.09. The van der Waals surface area contributed by atoms with Gasteiger partial charge < -0.3 is 9.88 Å². The van der Waals surface area contributed by atoms with Gasteiger partial charge in [-0.3, -0.25) is 4.79 Å². The summed E-state index contributed by atoms with van der Waals surface area (Å²) in [5, 5.41) is 4.46. The average molecular weight is 483 g/mol. The van der Waals surface area contributed by atoms with Crippen LogP contribution in [0.1, 0.15) is 18.9 Å². The van der Waals surface area contributed by atoms with Crippen molar-refractivity contribution in [3.63, 3.8) is 0 Å². The molecule has 1 N–H and O–H groups in total. The van der Waals surface area contributed by atoms with Crippen molar-refractivity contribution < 1.29 is 0 Å². The van der Waals surface area contributed by atoms with Crippen molar-refractivity contribution in [3.8, 4) is 28.6 Å². The molecule has 1 saturated heterocycles. The van der Waals surface area contributed by atoms with E-state index in [1.807, 2.05) is 48.7 Å². The highest BCUT2D eigenvalue weighted by atomic mass is 35.5. The summed E-state index contributed by atoms with van der Waals surface area (Å²) in [6.45, 7) is 2.04. The molecule has 0 atom stereocenters. The third kappa shape index (κ3) is 4.03. The highest BCUT2D eigenvalue weighted by molar-refractivity contribution is 6.30. The summed E-state index contributed by atoms with van der Waals surface area (Å²) in [6, 6.07) is 19.3. The Kier molecular flexibility index (Phi) is 5.64. The van der Waals surface area contributed by atoms with Crippen LogP contribution in [0.2, 0.25) is 5.02 Å². The highest BCUT2D eigenvalue weighted by Gasteiger charge is 2.19. The fraction of sp³-hybridized carbons (Fsp3) is 0.185. The van der Waals surface area contributed by atoms with Crippen LogP contribution >= 0.6 is 11.6 Å². The molecule has 6 rings (SSSR count). The number of pyridine rings is 1. The van der Waals surface area contributed by atoms with E-state index in [1.54, 1.807) is 22.8 Å². The minimum atomic E-state index is -0.175. The van der Waals surface area contributed by atoms with Crippen LogP contribution in [-0.4, -0.2) is 37.2 Å². The highest BCUT2D eigenvalue weighted by Crippen LogP contribution is 2.29. The second-order valence-corrected chi connectivity index (χ2v) is 9.08. The van der Waals surface area contributed by atoms with Crippen molar-refractivity contribution in [1.29, 1.82) is 0 Å². The van der Waals surface area contributed by atoms with Crippen molar-refractivity contribution in [2.45, 2.75) is 18.9 Å². The van der Waals surface area contributed by atoms with Gasteiger partial charge in [-0.2, -0.15) is 0 Å². The van der Waals surface area contributed by atoms with Gasteiger partial charge in [-0.1, -0.05) is 48.0 Å². The molecular weight excluding hydrogens is 460 g/mol. The Labute approximate surface area is 207 Å². The van der Waals surface area contributed by atoms with E-state index in [0.717, 1.165) is 42.9 Å². The van der Waals surface area contributed by atoms with Crippen LogP contribution in [0.15, 0.2) is 84.0 Å². The fourth-order valence-electron chi connectivity index (χ4n) is 4.72. The van der Waals surface area contributed by atoms with Gasteiger partial charge in [0.25, 0.3) is 5.56 Å². The van der Waals surface area contributed by atoms with E-state index in [0.29, 0.717) is 33.6 Å². The zero-order chi connectivity index (χ0) is 23.8. The molecule has 1 aliphatic heterocycles. The molecule has 2 aromatic carbocycles. The van der Waals surface area contributed by atoms with Crippen LogP contribution in [0.3, 0.4) is 0 Å². The lowest BCUT2D eigenvalue weighted by molar-refractivity contribution is 0.370. The number of fused-ring (bicyclic) bond motifs is 1. The van der Waals surface area contributed by atoms with Crippen LogP contribution in [-0.2, 0) is 0 Å². The zero-order valence-electron chi connectivity index (χ0n) is 18.9. The first kappa shape index (κ1) is 21.7. The lowest BCUT2D eigenvalue weighted by Crippen LogP contribution is -2.29. The lowest BCUT2D eigenvalue weighted by Gasteiger charge is -2.25. The maximum absolute atomic E-state index is 13.5. The van der Waals surface area contributed by atoms with E-state index < -0.39 is 0 Å². The number of halogens is 1. The standard InChI is InChI=1S/C27H23ClN6O/c28-20-9-10-24(31-17-20)34-26(32-23-4-2-1-3-22(23)27(34)35)19-7-5-18(6-8-19)25-30-15-16-33(25)21-11-13-29-14-12-21/h1-10,15-17,21,29H,11-14H2. The molecule has 0 radical (unpaired) electrons. The normalized spacial score (nSPS) is 14.4. The predicted octanol–water partition coefficient (Wildman–Crippen LogP) is 4.89. The van der Waals surface area contributed by atoms with Gasteiger partial charge in [-0.25, -0.2) is 19.5 Å². The molecule has 7 nitrogen and oxygen atoms in total. The smallest absolute Gasteiger partial charge is 0.267 e. The molecule has 35 heavy (non-hydrogen) atoms. The summed E-state index contributed by atoms with van der Waals surface area (Å²) in [6.07, 6.45) is 7.63. The van der Waals surface area contributed by atoms with Gasteiger partial charge >= 0.3 is 0 Å². The largest absolute Gasteiger partial charge is 0.328 e. The number of rotatable bonds is 4. The maximum atomic E-state index is 13.5. The topological polar surface area (TPSA) is 77.6 Å². The minimum absolute atomic E-state index is 0.175. The van der Waals surface area contributed by atoms with E-state index in [1.165, 1.54) is 6.20 Å². The minimum Gasteiger partial charge on any atom is -0.328 e. The number of nitrogens with zero attached hydrogens (tertiary/aromatic N) is 5. The van der Waals surface area contributed by atoms with Crippen molar-refractivity contribution in [3.05, 3.63) is 94.6 Å². The Morgan fingerprint density at radius 3 is 2.37 bits per heavy atom. The molecule has 174 valence electrons. The van der Waals surface area contributed by atoms with Crippen LogP contribution in [0.5, 0.6) is 0 Å². The summed E-state index contributed by atoms with van der Waals surface area (Å²) in [5.41, 5.74) is 2.30. The van der Waals surface area contributed by atoms with Gasteiger partial charge in [0.1, 0.15) is 17.5 Å². The molecular formula is C27H23ClN6O. The first-order valence-electron chi connectivity index (χ1n) is 11.7. The van der Waals surface area contributed by atoms with Gasteiger partial charge in [0.05, 0.1) is 15.9 Å². The third-order valence-electron chi connectivity index (χ3n) is 6.49.